The molecule has 0 saturated carbocycles. The number of hydrogen-bond acceptors (Lipinski definition) is 4. The summed E-state index contributed by atoms with van der Waals surface area (Å²) in [6, 6.07) is 10.7. The minimum atomic E-state index is -0.655. The molecule has 3 N–H and O–H groups in total. The molecule has 0 aliphatic carbocycles. The van der Waals surface area contributed by atoms with Crippen LogP contribution in [0.25, 0.3) is 10.9 Å². The Morgan fingerprint density at radius 2 is 2.14 bits per heavy atom. The Labute approximate surface area is 126 Å². The molecule has 0 saturated heterocycles. The van der Waals surface area contributed by atoms with Crippen molar-refractivity contribution in [1.29, 1.82) is 0 Å². The third kappa shape index (κ3) is 2.66. The molecule has 0 bridgehead atoms. The van der Waals surface area contributed by atoms with Crippen LogP contribution in [0.1, 0.15) is 16.5 Å². The third-order valence-electron chi connectivity index (χ3n) is 3.36. The fourth-order valence-electron chi connectivity index (χ4n) is 2.23. The normalized spacial score (nSPS) is 12.3. The molecular weight excluding hydrogens is 282 g/mol. The number of benzene rings is 1. The fraction of sp³-hybridized carbons (Fsp3) is 0.125. The molecule has 0 aliphatic rings. The standard InChI is InChI=1S/C16H15N3OS/c1-10-6-7-12(11-4-2-8-18-15(10)11)19-16(20)14(17)13-5-3-9-21-13/h2-9,14H,17H2,1H3,(H,19,20). The van der Waals surface area contributed by atoms with Crippen LogP contribution in [0.3, 0.4) is 0 Å². The van der Waals surface area contributed by atoms with Crippen molar-refractivity contribution in [2.75, 3.05) is 5.32 Å². The lowest BCUT2D eigenvalue weighted by atomic mass is 10.1. The molecule has 106 valence electrons. The Hall–Kier alpha value is -2.24. The number of aryl methyl sites for hydroxylation is 1. The van der Waals surface area contributed by atoms with Gasteiger partial charge in [0.25, 0.3) is 0 Å². The van der Waals surface area contributed by atoms with Gasteiger partial charge in [-0.1, -0.05) is 12.1 Å². The van der Waals surface area contributed by atoms with E-state index in [2.05, 4.69) is 10.3 Å². The van der Waals surface area contributed by atoms with Gasteiger partial charge in [0.15, 0.2) is 0 Å². The van der Waals surface area contributed by atoms with E-state index in [0.29, 0.717) is 0 Å². The molecule has 3 rings (SSSR count). The highest BCUT2D eigenvalue weighted by atomic mass is 32.1. The number of amides is 1. The van der Waals surface area contributed by atoms with E-state index in [0.717, 1.165) is 27.0 Å². The Bertz CT molecular complexity index is 783. The van der Waals surface area contributed by atoms with E-state index in [1.165, 1.54) is 11.3 Å². The van der Waals surface area contributed by atoms with Crippen LogP contribution < -0.4 is 11.1 Å². The van der Waals surface area contributed by atoms with Gasteiger partial charge in [0.2, 0.25) is 5.91 Å². The van der Waals surface area contributed by atoms with Crippen molar-refractivity contribution < 1.29 is 4.79 Å². The van der Waals surface area contributed by atoms with E-state index in [1.54, 1.807) is 6.20 Å². The lowest BCUT2D eigenvalue weighted by Crippen LogP contribution is -2.27. The first-order chi connectivity index (χ1) is 10.2. The number of anilines is 1. The Morgan fingerprint density at radius 1 is 1.29 bits per heavy atom. The number of carbonyl (C=O) groups is 1. The molecule has 0 spiro atoms. The number of nitrogens with one attached hydrogen (secondary N) is 1. The second-order valence-electron chi connectivity index (χ2n) is 4.81. The minimum absolute atomic E-state index is 0.216. The van der Waals surface area contributed by atoms with Gasteiger partial charge in [0, 0.05) is 16.5 Å². The van der Waals surface area contributed by atoms with Crippen molar-refractivity contribution in [1.82, 2.24) is 4.98 Å². The average molecular weight is 297 g/mol. The maximum atomic E-state index is 12.3. The van der Waals surface area contributed by atoms with E-state index in [4.69, 9.17) is 5.73 Å². The van der Waals surface area contributed by atoms with Gasteiger partial charge in [-0.05, 0) is 42.1 Å². The zero-order valence-corrected chi connectivity index (χ0v) is 12.4. The van der Waals surface area contributed by atoms with Gasteiger partial charge >= 0.3 is 0 Å². The summed E-state index contributed by atoms with van der Waals surface area (Å²) in [5.74, 6) is -0.216. The molecule has 1 unspecified atom stereocenters. The number of aromatic nitrogens is 1. The van der Waals surface area contributed by atoms with Crippen molar-refractivity contribution in [3.8, 4) is 0 Å². The van der Waals surface area contributed by atoms with Crippen LogP contribution in [-0.2, 0) is 4.79 Å². The zero-order chi connectivity index (χ0) is 14.8. The van der Waals surface area contributed by atoms with Crippen LogP contribution in [0.4, 0.5) is 5.69 Å². The average Bonchev–Trinajstić information content (AvgIpc) is 3.04. The molecule has 1 atom stereocenters. The van der Waals surface area contributed by atoms with Crippen LogP contribution in [0.5, 0.6) is 0 Å². The van der Waals surface area contributed by atoms with E-state index >= 15 is 0 Å². The smallest absolute Gasteiger partial charge is 0.246 e. The SMILES string of the molecule is Cc1ccc(NC(=O)C(N)c2cccs2)c2cccnc12. The summed E-state index contributed by atoms with van der Waals surface area (Å²) in [6.07, 6.45) is 1.75. The number of hydrogen-bond donors (Lipinski definition) is 2. The topological polar surface area (TPSA) is 68.0 Å². The van der Waals surface area contributed by atoms with Crippen LogP contribution in [0.2, 0.25) is 0 Å². The van der Waals surface area contributed by atoms with E-state index < -0.39 is 6.04 Å². The van der Waals surface area contributed by atoms with E-state index in [1.807, 2.05) is 48.7 Å². The number of fused-ring (bicyclic) bond motifs is 1. The Morgan fingerprint density at radius 3 is 2.90 bits per heavy atom. The molecule has 3 aromatic rings. The summed E-state index contributed by atoms with van der Waals surface area (Å²) >= 11 is 1.48. The first kappa shape index (κ1) is 13.7. The van der Waals surface area contributed by atoms with Gasteiger partial charge in [-0.25, -0.2) is 0 Å². The first-order valence-electron chi connectivity index (χ1n) is 6.61. The first-order valence-corrected chi connectivity index (χ1v) is 7.49. The molecule has 0 fully saturated rings. The Kier molecular flexibility index (Phi) is 3.68. The van der Waals surface area contributed by atoms with Crippen LogP contribution >= 0.6 is 11.3 Å². The number of rotatable bonds is 3. The van der Waals surface area contributed by atoms with Gasteiger partial charge in [-0.15, -0.1) is 11.3 Å². The van der Waals surface area contributed by atoms with Crippen LogP contribution in [0.15, 0.2) is 48.0 Å². The summed E-state index contributed by atoms with van der Waals surface area (Å²) in [6.45, 7) is 2.00. The zero-order valence-electron chi connectivity index (χ0n) is 11.5. The second-order valence-corrected chi connectivity index (χ2v) is 5.79. The minimum Gasteiger partial charge on any atom is -0.324 e. The van der Waals surface area contributed by atoms with Crippen molar-refractivity contribution in [2.45, 2.75) is 13.0 Å². The molecule has 1 aromatic carbocycles. The molecule has 2 heterocycles. The number of nitrogens with two attached hydrogens (primary N) is 1. The van der Waals surface area contributed by atoms with Gasteiger partial charge < -0.3 is 11.1 Å². The van der Waals surface area contributed by atoms with Crippen molar-refractivity contribution in [3.05, 3.63) is 58.4 Å². The van der Waals surface area contributed by atoms with E-state index in [-0.39, 0.29) is 5.91 Å². The molecular formula is C16H15N3OS. The van der Waals surface area contributed by atoms with Crippen LogP contribution in [0, 0.1) is 6.92 Å². The molecule has 4 nitrogen and oxygen atoms in total. The lowest BCUT2D eigenvalue weighted by molar-refractivity contribution is -0.117. The highest BCUT2D eigenvalue weighted by Gasteiger charge is 2.17. The van der Waals surface area contributed by atoms with Crippen molar-refractivity contribution >= 4 is 33.8 Å². The van der Waals surface area contributed by atoms with Crippen LogP contribution in [-0.4, -0.2) is 10.9 Å². The molecule has 0 aliphatic heterocycles. The predicted octanol–water partition coefficient (Wildman–Crippen LogP) is 3.24. The number of carbonyl (C=O) groups excluding carboxylic acids is 1. The molecule has 0 radical (unpaired) electrons. The summed E-state index contributed by atoms with van der Waals surface area (Å²) in [7, 11) is 0. The van der Waals surface area contributed by atoms with Gasteiger partial charge in [-0.2, -0.15) is 0 Å². The summed E-state index contributed by atoms with van der Waals surface area (Å²) in [4.78, 5) is 17.5. The number of nitrogens with zero attached hydrogens (tertiary/aromatic N) is 1. The maximum Gasteiger partial charge on any atom is 0.246 e. The fourth-order valence-corrected chi connectivity index (χ4v) is 2.96. The quantitative estimate of drug-likeness (QED) is 0.780. The second kappa shape index (κ2) is 5.63. The van der Waals surface area contributed by atoms with Crippen molar-refractivity contribution in [2.24, 2.45) is 5.73 Å². The maximum absolute atomic E-state index is 12.3. The largest absolute Gasteiger partial charge is 0.324 e. The van der Waals surface area contributed by atoms with Gasteiger partial charge in [0.05, 0.1) is 11.2 Å². The summed E-state index contributed by atoms with van der Waals surface area (Å²) in [5, 5.41) is 5.73. The summed E-state index contributed by atoms with van der Waals surface area (Å²) in [5.41, 5.74) is 8.69. The number of pyridine rings is 1. The molecule has 1 amide bonds. The molecule has 5 heteroatoms. The highest BCUT2D eigenvalue weighted by Crippen LogP contribution is 2.26. The monoisotopic (exact) mass is 297 g/mol. The lowest BCUT2D eigenvalue weighted by Gasteiger charge is -2.13. The predicted molar refractivity (Wildman–Crippen MR) is 86.4 cm³/mol. The highest BCUT2D eigenvalue weighted by molar-refractivity contribution is 7.10. The number of thiophene rings is 1. The van der Waals surface area contributed by atoms with Gasteiger partial charge in [-0.3, -0.25) is 9.78 Å². The molecule has 21 heavy (non-hydrogen) atoms. The Balaban J connectivity index is 1.92. The van der Waals surface area contributed by atoms with Crippen molar-refractivity contribution in [3.63, 3.8) is 0 Å². The third-order valence-corrected chi connectivity index (χ3v) is 4.32. The molecule has 2 aromatic heterocycles. The van der Waals surface area contributed by atoms with Gasteiger partial charge in [0.1, 0.15) is 6.04 Å². The van der Waals surface area contributed by atoms with E-state index in [9.17, 15) is 4.79 Å². The summed E-state index contributed by atoms with van der Waals surface area (Å²) < 4.78 is 0.